The number of hydrogen-bond acceptors (Lipinski definition) is 7. The Morgan fingerprint density at radius 3 is 3.07 bits per heavy atom. The summed E-state index contributed by atoms with van der Waals surface area (Å²) in [5.41, 5.74) is 6.44. The number of pyridine rings is 1. The molecule has 30 heavy (non-hydrogen) atoms. The predicted molar refractivity (Wildman–Crippen MR) is 128 cm³/mol. The molecule has 5 rings (SSSR count). The average Bonchev–Trinajstić information content (AvgIpc) is 3.40. The Bertz CT molecular complexity index is 1210. The number of aromatic nitrogens is 2. The number of nitrogens with zero attached hydrogens (tertiary/aromatic N) is 3. The SMILES string of the molecule is COCCN1CCC=C(c2cc3c(Nc4ccc5scnc5c4)ccnc3s2)[C@@H]1C. The summed E-state index contributed by atoms with van der Waals surface area (Å²) in [4.78, 5) is 13.9. The predicted octanol–water partition coefficient (Wildman–Crippen LogP) is 5.77. The molecule has 1 aliphatic heterocycles. The van der Waals surface area contributed by atoms with E-state index in [1.807, 2.05) is 17.8 Å². The molecule has 0 radical (unpaired) electrons. The van der Waals surface area contributed by atoms with E-state index in [1.165, 1.54) is 15.2 Å². The van der Waals surface area contributed by atoms with Gasteiger partial charge in [0.15, 0.2) is 0 Å². The second-order valence-electron chi connectivity index (χ2n) is 7.50. The number of thiophene rings is 1. The average molecular weight is 437 g/mol. The summed E-state index contributed by atoms with van der Waals surface area (Å²) in [7, 11) is 1.77. The zero-order valence-corrected chi connectivity index (χ0v) is 18.7. The topological polar surface area (TPSA) is 50.3 Å². The summed E-state index contributed by atoms with van der Waals surface area (Å²) in [6.07, 6.45) is 5.35. The fourth-order valence-electron chi connectivity index (χ4n) is 4.05. The molecule has 1 aliphatic rings. The van der Waals surface area contributed by atoms with Gasteiger partial charge in [0.1, 0.15) is 4.83 Å². The molecule has 1 atom stereocenters. The quantitative estimate of drug-likeness (QED) is 0.416. The second kappa shape index (κ2) is 8.43. The molecule has 154 valence electrons. The van der Waals surface area contributed by atoms with E-state index in [0.29, 0.717) is 6.04 Å². The molecule has 7 heteroatoms. The smallest absolute Gasteiger partial charge is 0.125 e. The molecular weight excluding hydrogens is 412 g/mol. The summed E-state index contributed by atoms with van der Waals surface area (Å²) in [5, 5.41) is 4.74. The van der Waals surface area contributed by atoms with Gasteiger partial charge in [-0.2, -0.15) is 0 Å². The van der Waals surface area contributed by atoms with E-state index in [-0.39, 0.29) is 0 Å². The van der Waals surface area contributed by atoms with Crippen LogP contribution in [0, 0.1) is 0 Å². The van der Waals surface area contributed by atoms with Crippen LogP contribution in [0.1, 0.15) is 18.2 Å². The van der Waals surface area contributed by atoms with E-state index < -0.39 is 0 Å². The van der Waals surface area contributed by atoms with Crippen molar-refractivity contribution in [3.8, 4) is 0 Å². The fraction of sp³-hybridized carbons (Fsp3) is 0.304. The molecule has 4 aromatic rings. The van der Waals surface area contributed by atoms with Crippen LogP contribution in [-0.2, 0) is 4.74 Å². The van der Waals surface area contributed by atoms with Gasteiger partial charge in [0, 0.05) is 48.4 Å². The van der Waals surface area contributed by atoms with Crippen LogP contribution in [0.5, 0.6) is 0 Å². The lowest BCUT2D eigenvalue weighted by atomic mass is 9.99. The van der Waals surface area contributed by atoms with Gasteiger partial charge < -0.3 is 10.1 Å². The highest BCUT2D eigenvalue weighted by Gasteiger charge is 2.24. The lowest BCUT2D eigenvalue weighted by Gasteiger charge is -2.33. The third-order valence-corrected chi connectivity index (χ3v) is 7.59. The number of benzene rings is 1. The number of nitrogens with one attached hydrogen (secondary N) is 1. The van der Waals surface area contributed by atoms with Gasteiger partial charge in [0.25, 0.3) is 0 Å². The van der Waals surface area contributed by atoms with Gasteiger partial charge in [-0.15, -0.1) is 22.7 Å². The molecule has 0 saturated heterocycles. The molecule has 4 heterocycles. The van der Waals surface area contributed by atoms with Gasteiger partial charge in [0.05, 0.1) is 28.0 Å². The standard InChI is InChI=1S/C23H24N4OS2/c1-15-17(4-3-9-27(15)10-11-28-2)22-13-18-19(7-8-24-23(18)30-22)26-16-5-6-21-20(12-16)25-14-29-21/h4-8,12-15H,3,9-11H2,1-2H3,(H,24,26)/t15-/m0/s1. The Kier molecular flexibility index (Phi) is 5.52. The molecule has 0 spiro atoms. The molecular formula is C23H24N4OS2. The summed E-state index contributed by atoms with van der Waals surface area (Å²) in [5.74, 6) is 0. The van der Waals surface area contributed by atoms with Crippen LogP contribution in [0.3, 0.4) is 0 Å². The number of anilines is 2. The van der Waals surface area contributed by atoms with E-state index in [1.54, 1.807) is 29.8 Å². The molecule has 0 aliphatic carbocycles. The highest BCUT2D eigenvalue weighted by atomic mass is 32.1. The van der Waals surface area contributed by atoms with Crippen LogP contribution >= 0.6 is 22.7 Å². The van der Waals surface area contributed by atoms with Crippen LogP contribution in [0.2, 0.25) is 0 Å². The van der Waals surface area contributed by atoms with Crippen molar-refractivity contribution in [1.82, 2.24) is 14.9 Å². The first-order chi connectivity index (χ1) is 14.7. The zero-order chi connectivity index (χ0) is 20.5. The molecule has 0 unspecified atom stereocenters. The van der Waals surface area contributed by atoms with Crippen molar-refractivity contribution in [3.05, 3.63) is 53.0 Å². The van der Waals surface area contributed by atoms with E-state index in [4.69, 9.17) is 4.74 Å². The molecule has 5 nitrogen and oxygen atoms in total. The van der Waals surface area contributed by atoms with Crippen LogP contribution in [0.4, 0.5) is 11.4 Å². The molecule has 0 fully saturated rings. The Morgan fingerprint density at radius 1 is 1.23 bits per heavy atom. The van der Waals surface area contributed by atoms with Gasteiger partial charge in [-0.25, -0.2) is 9.97 Å². The minimum atomic E-state index is 0.380. The lowest BCUT2D eigenvalue weighted by molar-refractivity contribution is 0.137. The molecule has 0 saturated carbocycles. The normalized spacial score (nSPS) is 17.5. The third kappa shape index (κ3) is 3.74. The summed E-state index contributed by atoms with van der Waals surface area (Å²) >= 11 is 3.44. The Morgan fingerprint density at radius 2 is 2.17 bits per heavy atom. The fourth-order valence-corrected chi connectivity index (χ4v) is 5.86. The number of ether oxygens (including phenoxy) is 1. The molecule has 1 N–H and O–H groups in total. The number of methoxy groups -OCH3 is 1. The lowest BCUT2D eigenvalue weighted by Crippen LogP contribution is -2.39. The number of hydrogen-bond donors (Lipinski definition) is 1. The van der Waals surface area contributed by atoms with Crippen LogP contribution in [0.25, 0.3) is 26.0 Å². The number of rotatable bonds is 6. The first-order valence-corrected chi connectivity index (χ1v) is 11.8. The summed E-state index contributed by atoms with van der Waals surface area (Å²) in [6.45, 7) is 5.11. The van der Waals surface area contributed by atoms with Crippen LogP contribution < -0.4 is 5.32 Å². The van der Waals surface area contributed by atoms with Crippen molar-refractivity contribution in [3.63, 3.8) is 0 Å². The minimum absolute atomic E-state index is 0.380. The van der Waals surface area contributed by atoms with Gasteiger partial charge in [0.2, 0.25) is 0 Å². The van der Waals surface area contributed by atoms with Crippen molar-refractivity contribution in [2.24, 2.45) is 0 Å². The van der Waals surface area contributed by atoms with Crippen molar-refractivity contribution >= 4 is 60.1 Å². The largest absolute Gasteiger partial charge is 0.383 e. The first-order valence-electron chi connectivity index (χ1n) is 10.1. The Labute approximate surface area is 184 Å². The summed E-state index contributed by atoms with van der Waals surface area (Å²) in [6, 6.07) is 11.1. The maximum atomic E-state index is 5.30. The van der Waals surface area contributed by atoms with Gasteiger partial charge >= 0.3 is 0 Å². The first kappa shape index (κ1) is 19.6. The number of fused-ring (bicyclic) bond motifs is 2. The molecule has 0 amide bonds. The van der Waals surface area contributed by atoms with E-state index in [2.05, 4.69) is 57.4 Å². The zero-order valence-electron chi connectivity index (χ0n) is 17.1. The highest BCUT2D eigenvalue weighted by molar-refractivity contribution is 7.19. The third-order valence-electron chi connectivity index (χ3n) is 5.69. The number of thiazole rings is 1. The van der Waals surface area contributed by atoms with Crippen molar-refractivity contribution in [2.75, 3.05) is 32.1 Å². The van der Waals surface area contributed by atoms with Crippen LogP contribution in [-0.4, -0.2) is 47.7 Å². The van der Waals surface area contributed by atoms with Gasteiger partial charge in [-0.3, -0.25) is 4.90 Å². The van der Waals surface area contributed by atoms with Gasteiger partial charge in [-0.05, 0) is 49.2 Å². The Hall–Kier alpha value is -2.32. The minimum Gasteiger partial charge on any atom is -0.383 e. The van der Waals surface area contributed by atoms with E-state index in [9.17, 15) is 0 Å². The highest BCUT2D eigenvalue weighted by Crippen LogP contribution is 2.38. The Balaban J connectivity index is 1.45. The molecule has 1 aromatic carbocycles. The van der Waals surface area contributed by atoms with E-state index in [0.717, 1.165) is 53.2 Å². The van der Waals surface area contributed by atoms with Gasteiger partial charge in [-0.1, -0.05) is 6.08 Å². The molecule has 0 bridgehead atoms. The van der Waals surface area contributed by atoms with Crippen molar-refractivity contribution in [1.29, 1.82) is 0 Å². The molecule has 3 aromatic heterocycles. The van der Waals surface area contributed by atoms with E-state index >= 15 is 0 Å². The van der Waals surface area contributed by atoms with Crippen molar-refractivity contribution < 1.29 is 4.74 Å². The van der Waals surface area contributed by atoms with Crippen LogP contribution in [0.15, 0.2) is 48.1 Å². The van der Waals surface area contributed by atoms with Crippen molar-refractivity contribution in [2.45, 2.75) is 19.4 Å². The monoisotopic (exact) mass is 436 g/mol. The maximum Gasteiger partial charge on any atom is 0.125 e. The second-order valence-corrected chi connectivity index (χ2v) is 9.42. The maximum absolute atomic E-state index is 5.30. The summed E-state index contributed by atoms with van der Waals surface area (Å²) < 4.78 is 6.50.